The first kappa shape index (κ1) is 20.0. The topological polar surface area (TPSA) is 87.7 Å². The van der Waals surface area contributed by atoms with E-state index in [4.69, 9.17) is 27.9 Å². The van der Waals surface area contributed by atoms with E-state index in [1.165, 1.54) is 17.0 Å². The van der Waals surface area contributed by atoms with E-state index in [1.807, 2.05) is 0 Å². The Labute approximate surface area is 171 Å². The van der Waals surface area contributed by atoms with Crippen molar-refractivity contribution in [3.8, 4) is 5.75 Å². The van der Waals surface area contributed by atoms with Gasteiger partial charge in [0.2, 0.25) is 11.8 Å². The highest BCUT2D eigenvalue weighted by molar-refractivity contribution is 6.35. The predicted molar refractivity (Wildman–Crippen MR) is 106 cm³/mol. The highest BCUT2D eigenvalue weighted by Crippen LogP contribution is 2.27. The van der Waals surface area contributed by atoms with Gasteiger partial charge in [-0.3, -0.25) is 25.2 Å². The molecule has 0 aromatic heterocycles. The molecule has 1 atom stereocenters. The molecule has 1 heterocycles. The summed E-state index contributed by atoms with van der Waals surface area (Å²) in [5.74, 6) is -1.15. The van der Waals surface area contributed by atoms with Crippen molar-refractivity contribution in [3.63, 3.8) is 0 Å². The molecular formula is C19H17Cl2N3O4. The Hall–Kier alpha value is -2.77. The van der Waals surface area contributed by atoms with Crippen molar-refractivity contribution in [2.45, 2.75) is 6.42 Å². The summed E-state index contributed by atoms with van der Waals surface area (Å²) in [5.41, 5.74) is 5.45. The molecule has 2 aromatic carbocycles. The number of rotatable bonds is 4. The number of carbonyl (C=O) groups is 3. The number of methoxy groups -OCH3 is 1. The lowest BCUT2D eigenvalue weighted by Crippen LogP contribution is -2.45. The molecule has 2 N–H and O–H groups in total. The van der Waals surface area contributed by atoms with Gasteiger partial charge in [-0.2, -0.15) is 0 Å². The van der Waals surface area contributed by atoms with E-state index in [2.05, 4.69) is 10.9 Å². The van der Waals surface area contributed by atoms with Crippen LogP contribution in [0.5, 0.6) is 5.75 Å². The summed E-state index contributed by atoms with van der Waals surface area (Å²) in [7, 11) is 1.56. The highest BCUT2D eigenvalue weighted by Gasteiger charge is 2.35. The Balaban J connectivity index is 1.60. The van der Waals surface area contributed by atoms with Crippen molar-refractivity contribution in [1.82, 2.24) is 10.9 Å². The molecule has 1 unspecified atom stereocenters. The molecule has 146 valence electrons. The minimum Gasteiger partial charge on any atom is -0.497 e. The number of ether oxygens (including phenoxy) is 1. The molecule has 1 saturated heterocycles. The molecule has 0 spiro atoms. The fourth-order valence-corrected chi connectivity index (χ4v) is 3.23. The van der Waals surface area contributed by atoms with E-state index < -0.39 is 17.7 Å². The Kier molecular flexibility index (Phi) is 6.06. The van der Waals surface area contributed by atoms with Crippen LogP contribution in [0.15, 0.2) is 42.5 Å². The number of hydrogen-bond donors (Lipinski definition) is 2. The van der Waals surface area contributed by atoms with Crippen LogP contribution in [0.4, 0.5) is 5.69 Å². The van der Waals surface area contributed by atoms with Crippen molar-refractivity contribution in [3.05, 3.63) is 58.1 Å². The Morgan fingerprint density at radius 3 is 2.50 bits per heavy atom. The molecule has 9 heteroatoms. The second-order valence-electron chi connectivity index (χ2n) is 6.17. The molecule has 0 bridgehead atoms. The zero-order chi connectivity index (χ0) is 20.3. The summed E-state index contributed by atoms with van der Waals surface area (Å²) >= 11 is 11.8. The molecular weight excluding hydrogens is 405 g/mol. The average molecular weight is 422 g/mol. The number of carbonyl (C=O) groups excluding carboxylic acids is 3. The molecule has 2 aromatic rings. The van der Waals surface area contributed by atoms with Gasteiger partial charge in [0, 0.05) is 23.7 Å². The molecule has 0 saturated carbocycles. The third kappa shape index (κ3) is 4.37. The number of hydrazine groups is 1. The lowest BCUT2D eigenvalue weighted by molar-refractivity contribution is -0.126. The molecule has 7 nitrogen and oxygen atoms in total. The van der Waals surface area contributed by atoms with E-state index in [-0.39, 0.29) is 29.5 Å². The normalized spacial score (nSPS) is 16.0. The van der Waals surface area contributed by atoms with Crippen LogP contribution in [0.2, 0.25) is 10.0 Å². The van der Waals surface area contributed by atoms with Crippen molar-refractivity contribution in [2.24, 2.45) is 5.92 Å². The van der Waals surface area contributed by atoms with E-state index >= 15 is 0 Å². The maximum Gasteiger partial charge on any atom is 0.271 e. The van der Waals surface area contributed by atoms with Gasteiger partial charge >= 0.3 is 0 Å². The number of anilines is 1. The third-order valence-corrected chi connectivity index (χ3v) is 4.92. The summed E-state index contributed by atoms with van der Waals surface area (Å²) < 4.78 is 5.10. The molecule has 0 aliphatic carbocycles. The van der Waals surface area contributed by atoms with Crippen LogP contribution < -0.4 is 20.5 Å². The summed E-state index contributed by atoms with van der Waals surface area (Å²) in [6.07, 6.45) is 0.0473. The number of nitrogens with one attached hydrogen (secondary N) is 2. The number of amides is 3. The van der Waals surface area contributed by atoms with Gasteiger partial charge in [0.05, 0.1) is 23.6 Å². The molecule has 1 fully saturated rings. The SMILES string of the molecule is COc1ccc(N2CC(C(=O)NNC(=O)c3cc(Cl)ccc3Cl)CC2=O)cc1. The smallest absolute Gasteiger partial charge is 0.271 e. The van der Waals surface area contributed by atoms with E-state index in [0.717, 1.165) is 0 Å². The van der Waals surface area contributed by atoms with Crippen LogP contribution in [-0.4, -0.2) is 31.4 Å². The summed E-state index contributed by atoms with van der Waals surface area (Å²) in [6.45, 7) is 0.213. The van der Waals surface area contributed by atoms with Crippen molar-refractivity contribution in [2.75, 3.05) is 18.6 Å². The molecule has 0 radical (unpaired) electrons. The third-order valence-electron chi connectivity index (χ3n) is 4.35. The zero-order valence-corrected chi connectivity index (χ0v) is 16.4. The standard InChI is InChI=1S/C19H17Cl2N3O4/c1-28-14-5-3-13(4-6-14)24-10-11(8-17(24)25)18(26)22-23-19(27)15-9-12(20)2-7-16(15)21/h2-7,9,11H,8,10H2,1H3,(H,22,26)(H,23,27). The van der Waals surface area contributed by atoms with Gasteiger partial charge in [0.1, 0.15) is 5.75 Å². The van der Waals surface area contributed by atoms with Crippen LogP contribution in [0.25, 0.3) is 0 Å². The van der Waals surface area contributed by atoms with Gasteiger partial charge in [-0.25, -0.2) is 0 Å². The lowest BCUT2D eigenvalue weighted by Gasteiger charge is -2.17. The van der Waals surface area contributed by atoms with Gasteiger partial charge < -0.3 is 9.64 Å². The molecule has 28 heavy (non-hydrogen) atoms. The van der Waals surface area contributed by atoms with Gasteiger partial charge in [0.15, 0.2) is 0 Å². The Morgan fingerprint density at radius 1 is 1.11 bits per heavy atom. The van der Waals surface area contributed by atoms with E-state index in [1.54, 1.807) is 37.4 Å². The quantitative estimate of drug-likeness (QED) is 0.742. The summed E-state index contributed by atoms with van der Waals surface area (Å²) in [4.78, 5) is 38.4. The van der Waals surface area contributed by atoms with Gasteiger partial charge in [-0.1, -0.05) is 23.2 Å². The molecule has 1 aliphatic rings. The van der Waals surface area contributed by atoms with Crippen molar-refractivity contribution >= 4 is 46.6 Å². The van der Waals surface area contributed by atoms with Gasteiger partial charge in [-0.05, 0) is 42.5 Å². The van der Waals surface area contributed by atoms with Crippen molar-refractivity contribution < 1.29 is 19.1 Å². The molecule has 1 aliphatic heterocycles. The molecule has 3 amide bonds. The van der Waals surface area contributed by atoms with Crippen molar-refractivity contribution in [1.29, 1.82) is 0 Å². The maximum atomic E-state index is 12.4. The number of halogens is 2. The first-order valence-electron chi connectivity index (χ1n) is 8.38. The second kappa shape index (κ2) is 8.50. The lowest BCUT2D eigenvalue weighted by atomic mass is 10.1. The fourth-order valence-electron chi connectivity index (χ4n) is 2.85. The predicted octanol–water partition coefficient (Wildman–Crippen LogP) is 2.82. The minimum atomic E-state index is -0.600. The van der Waals surface area contributed by atoms with Crippen LogP contribution >= 0.6 is 23.2 Å². The van der Waals surface area contributed by atoms with Crippen LogP contribution in [0.3, 0.4) is 0 Å². The Morgan fingerprint density at radius 2 is 1.82 bits per heavy atom. The monoisotopic (exact) mass is 421 g/mol. The number of nitrogens with zero attached hydrogens (tertiary/aromatic N) is 1. The first-order valence-corrected chi connectivity index (χ1v) is 9.14. The number of hydrogen-bond acceptors (Lipinski definition) is 4. The van der Waals surface area contributed by atoms with Crippen LogP contribution in [0.1, 0.15) is 16.8 Å². The minimum absolute atomic E-state index is 0.0473. The summed E-state index contributed by atoms with van der Waals surface area (Å²) in [6, 6.07) is 11.4. The number of benzene rings is 2. The summed E-state index contributed by atoms with van der Waals surface area (Å²) in [5, 5.41) is 0.551. The second-order valence-corrected chi connectivity index (χ2v) is 7.01. The molecule has 3 rings (SSSR count). The zero-order valence-electron chi connectivity index (χ0n) is 14.9. The van der Waals surface area contributed by atoms with Gasteiger partial charge in [-0.15, -0.1) is 0 Å². The maximum absolute atomic E-state index is 12.4. The van der Waals surface area contributed by atoms with Gasteiger partial charge in [0.25, 0.3) is 5.91 Å². The van der Waals surface area contributed by atoms with E-state index in [9.17, 15) is 14.4 Å². The fraction of sp³-hybridized carbons (Fsp3) is 0.211. The first-order chi connectivity index (χ1) is 13.4. The average Bonchev–Trinajstić information content (AvgIpc) is 3.09. The Bertz CT molecular complexity index is 918. The van der Waals surface area contributed by atoms with E-state index in [0.29, 0.717) is 16.5 Å². The largest absolute Gasteiger partial charge is 0.497 e. The van der Waals surface area contributed by atoms with Crippen LogP contribution in [0, 0.1) is 5.92 Å². The van der Waals surface area contributed by atoms with Crippen LogP contribution in [-0.2, 0) is 9.59 Å². The highest BCUT2D eigenvalue weighted by atomic mass is 35.5.